The Hall–Kier alpha value is -1.35. The van der Waals surface area contributed by atoms with E-state index >= 15 is 0 Å². The van der Waals surface area contributed by atoms with E-state index in [9.17, 15) is 4.79 Å². The zero-order chi connectivity index (χ0) is 12.8. The molecular formula is C14H21NO2. The summed E-state index contributed by atoms with van der Waals surface area (Å²) in [5, 5.41) is 8.98. The van der Waals surface area contributed by atoms with E-state index in [0.717, 1.165) is 6.42 Å². The van der Waals surface area contributed by atoms with Crippen LogP contribution in [0.5, 0.6) is 0 Å². The van der Waals surface area contributed by atoms with Gasteiger partial charge in [-0.3, -0.25) is 9.69 Å². The number of hydrogen-bond donors (Lipinski definition) is 1. The van der Waals surface area contributed by atoms with E-state index < -0.39 is 5.97 Å². The predicted molar refractivity (Wildman–Crippen MR) is 69.0 cm³/mol. The van der Waals surface area contributed by atoms with Gasteiger partial charge < -0.3 is 5.11 Å². The second-order valence-corrected chi connectivity index (χ2v) is 4.49. The number of carboxylic acids is 1. The van der Waals surface area contributed by atoms with Gasteiger partial charge in [0.25, 0.3) is 0 Å². The largest absolute Gasteiger partial charge is 0.480 e. The molecule has 1 N–H and O–H groups in total. The summed E-state index contributed by atoms with van der Waals surface area (Å²) in [4.78, 5) is 12.9. The zero-order valence-electron chi connectivity index (χ0n) is 10.8. The van der Waals surface area contributed by atoms with Crippen LogP contribution in [0.4, 0.5) is 0 Å². The molecule has 94 valence electrons. The Morgan fingerprint density at radius 2 is 1.88 bits per heavy atom. The van der Waals surface area contributed by atoms with Gasteiger partial charge in [-0.2, -0.15) is 0 Å². The van der Waals surface area contributed by atoms with Gasteiger partial charge in [0.2, 0.25) is 0 Å². The Balaban J connectivity index is 2.93. The summed E-state index contributed by atoms with van der Waals surface area (Å²) >= 11 is 0. The summed E-state index contributed by atoms with van der Waals surface area (Å²) in [6, 6.07) is 10.5. The molecule has 0 aliphatic carbocycles. The summed E-state index contributed by atoms with van der Waals surface area (Å²) in [7, 11) is 0. The van der Waals surface area contributed by atoms with Gasteiger partial charge in [-0.05, 0) is 25.8 Å². The first-order valence-corrected chi connectivity index (χ1v) is 6.08. The topological polar surface area (TPSA) is 40.5 Å². The van der Waals surface area contributed by atoms with Crippen molar-refractivity contribution < 1.29 is 9.90 Å². The fraction of sp³-hybridized carbons (Fsp3) is 0.500. The smallest absolute Gasteiger partial charge is 0.317 e. The van der Waals surface area contributed by atoms with Crippen LogP contribution in [-0.2, 0) is 4.79 Å². The highest BCUT2D eigenvalue weighted by Crippen LogP contribution is 2.25. The molecule has 0 saturated heterocycles. The third-order valence-corrected chi connectivity index (χ3v) is 2.95. The minimum absolute atomic E-state index is 0.0884. The molecule has 0 radical (unpaired) electrons. The fourth-order valence-corrected chi connectivity index (χ4v) is 2.15. The monoisotopic (exact) mass is 235 g/mol. The molecule has 0 aliphatic rings. The Kier molecular flexibility index (Phi) is 5.16. The van der Waals surface area contributed by atoms with Crippen LogP contribution in [0.25, 0.3) is 0 Å². The zero-order valence-corrected chi connectivity index (χ0v) is 10.8. The van der Waals surface area contributed by atoms with E-state index in [1.807, 2.05) is 36.9 Å². The van der Waals surface area contributed by atoms with Gasteiger partial charge in [-0.25, -0.2) is 0 Å². The average molecular weight is 235 g/mol. The van der Waals surface area contributed by atoms with Crippen molar-refractivity contribution in [3.8, 4) is 0 Å². The van der Waals surface area contributed by atoms with E-state index in [1.165, 1.54) is 5.56 Å². The number of rotatable bonds is 6. The van der Waals surface area contributed by atoms with Crippen LogP contribution in [0, 0.1) is 0 Å². The van der Waals surface area contributed by atoms with Gasteiger partial charge in [0, 0.05) is 12.1 Å². The second-order valence-electron chi connectivity index (χ2n) is 4.49. The maximum absolute atomic E-state index is 10.9. The molecule has 0 bridgehead atoms. The first-order chi connectivity index (χ1) is 8.06. The Labute approximate surface area is 103 Å². The summed E-state index contributed by atoms with van der Waals surface area (Å²) in [5.74, 6) is -0.770. The minimum atomic E-state index is -0.770. The third kappa shape index (κ3) is 3.86. The van der Waals surface area contributed by atoms with Crippen molar-refractivity contribution in [3.63, 3.8) is 0 Å². The summed E-state index contributed by atoms with van der Waals surface area (Å²) in [6.07, 6.45) is 0.912. The van der Waals surface area contributed by atoms with Crippen LogP contribution in [-0.4, -0.2) is 28.6 Å². The summed E-state index contributed by atoms with van der Waals surface area (Å²) < 4.78 is 0. The van der Waals surface area contributed by atoms with Gasteiger partial charge in [-0.15, -0.1) is 0 Å². The van der Waals surface area contributed by atoms with Crippen LogP contribution < -0.4 is 0 Å². The van der Waals surface area contributed by atoms with Crippen molar-refractivity contribution in [2.24, 2.45) is 0 Å². The molecule has 0 heterocycles. The SMILES string of the molecule is CC[C@H](c1ccccc1)N(CC(=O)O)C(C)C. The highest BCUT2D eigenvalue weighted by molar-refractivity contribution is 5.69. The molecule has 0 aliphatic heterocycles. The molecule has 1 atom stereocenters. The number of nitrogens with zero attached hydrogens (tertiary/aromatic N) is 1. The van der Waals surface area contributed by atoms with E-state index in [1.54, 1.807) is 0 Å². The highest BCUT2D eigenvalue weighted by Gasteiger charge is 2.23. The van der Waals surface area contributed by atoms with Gasteiger partial charge in [0.05, 0.1) is 6.54 Å². The molecule has 0 fully saturated rings. The summed E-state index contributed by atoms with van der Waals surface area (Å²) in [5.41, 5.74) is 1.19. The van der Waals surface area contributed by atoms with Gasteiger partial charge in [0.15, 0.2) is 0 Å². The predicted octanol–water partition coefficient (Wildman–Crippen LogP) is 2.93. The van der Waals surface area contributed by atoms with Crippen LogP contribution in [0.1, 0.15) is 38.8 Å². The number of hydrogen-bond acceptors (Lipinski definition) is 2. The van der Waals surface area contributed by atoms with E-state index in [4.69, 9.17) is 5.11 Å². The molecular weight excluding hydrogens is 214 g/mol. The molecule has 0 saturated carbocycles. The van der Waals surface area contributed by atoms with Crippen molar-refractivity contribution in [3.05, 3.63) is 35.9 Å². The molecule has 1 aromatic rings. The normalized spacial score (nSPS) is 13.0. The Bertz CT molecular complexity index is 348. The number of carboxylic acid groups (broad SMARTS) is 1. The number of benzene rings is 1. The number of aliphatic carboxylic acids is 1. The lowest BCUT2D eigenvalue weighted by molar-refractivity contribution is -0.139. The lowest BCUT2D eigenvalue weighted by Gasteiger charge is -2.33. The van der Waals surface area contributed by atoms with Crippen LogP contribution in [0.2, 0.25) is 0 Å². The third-order valence-electron chi connectivity index (χ3n) is 2.95. The molecule has 1 rings (SSSR count). The maximum atomic E-state index is 10.9. The van der Waals surface area contributed by atoms with Crippen LogP contribution >= 0.6 is 0 Å². The summed E-state index contributed by atoms with van der Waals surface area (Å²) in [6.45, 7) is 6.25. The van der Waals surface area contributed by atoms with Crippen molar-refractivity contribution >= 4 is 5.97 Å². The molecule has 3 heteroatoms. The van der Waals surface area contributed by atoms with E-state index in [-0.39, 0.29) is 18.6 Å². The van der Waals surface area contributed by atoms with Gasteiger partial charge >= 0.3 is 5.97 Å². The second kappa shape index (κ2) is 6.40. The quantitative estimate of drug-likeness (QED) is 0.824. The maximum Gasteiger partial charge on any atom is 0.317 e. The minimum Gasteiger partial charge on any atom is -0.480 e. The van der Waals surface area contributed by atoms with Gasteiger partial charge in [0.1, 0.15) is 0 Å². The molecule has 0 unspecified atom stereocenters. The average Bonchev–Trinajstić information content (AvgIpc) is 2.29. The van der Waals surface area contributed by atoms with Crippen molar-refractivity contribution in [2.45, 2.75) is 39.3 Å². The van der Waals surface area contributed by atoms with Gasteiger partial charge in [-0.1, -0.05) is 37.3 Å². The Morgan fingerprint density at radius 1 is 1.29 bits per heavy atom. The van der Waals surface area contributed by atoms with Crippen molar-refractivity contribution in [1.29, 1.82) is 0 Å². The number of carbonyl (C=O) groups is 1. The van der Waals surface area contributed by atoms with E-state index in [2.05, 4.69) is 19.1 Å². The molecule has 0 amide bonds. The first-order valence-electron chi connectivity index (χ1n) is 6.08. The Morgan fingerprint density at radius 3 is 2.29 bits per heavy atom. The lowest BCUT2D eigenvalue weighted by Crippen LogP contribution is -2.38. The van der Waals surface area contributed by atoms with Crippen molar-refractivity contribution in [1.82, 2.24) is 4.90 Å². The van der Waals surface area contributed by atoms with E-state index in [0.29, 0.717) is 0 Å². The first kappa shape index (κ1) is 13.7. The fourth-order valence-electron chi connectivity index (χ4n) is 2.15. The lowest BCUT2D eigenvalue weighted by atomic mass is 10.0. The van der Waals surface area contributed by atoms with Crippen LogP contribution in [0.3, 0.4) is 0 Å². The molecule has 3 nitrogen and oxygen atoms in total. The molecule has 0 spiro atoms. The highest BCUT2D eigenvalue weighted by atomic mass is 16.4. The van der Waals surface area contributed by atoms with Crippen molar-refractivity contribution in [2.75, 3.05) is 6.54 Å². The standard InChI is InChI=1S/C14H21NO2/c1-4-13(12-8-6-5-7-9-12)15(11(2)3)10-14(16)17/h5-9,11,13H,4,10H2,1-3H3,(H,16,17)/t13-/m1/s1. The molecule has 1 aromatic carbocycles. The van der Waals surface area contributed by atoms with Crippen LogP contribution in [0.15, 0.2) is 30.3 Å². The molecule has 17 heavy (non-hydrogen) atoms. The molecule has 0 aromatic heterocycles.